The summed E-state index contributed by atoms with van der Waals surface area (Å²) in [4.78, 5) is 24.8. The molecule has 1 aromatic carbocycles. The maximum absolute atomic E-state index is 14.9. The van der Waals surface area contributed by atoms with Crippen molar-refractivity contribution < 1.29 is 18.3 Å². The van der Waals surface area contributed by atoms with Crippen LogP contribution in [0.15, 0.2) is 29.5 Å². The van der Waals surface area contributed by atoms with Crippen molar-refractivity contribution in [1.29, 1.82) is 0 Å². The van der Waals surface area contributed by atoms with E-state index in [9.17, 15) is 13.6 Å². The summed E-state index contributed by atoms with van der Waals surface area (Å²) >= 11 is 7.10. The molecule has 6 nitrogen and oxygen atoms in total. The number of halogens is 3. The lowest BCUT2D eigenvalue weighted by atomic mass is 9.84. The predicted molar refractivity (Wildman–Crippen MR) is 111 cm³/mol. The van der Waals surface area contributed by atoms with E-state index >= 15 is 0 Å². The molecule has 1 aliphatic carbocycles. The molecule has 2 heterocycles. The Labute approximate surface area is 181 Å². The highest BCUT2D eigenvalue weighted by Crippen LogP contribution is 2.66. The number of carbonyl (C=O) groups excluding carboxylic acids is 1. The van der Waals surface area contributed by atoms with Gasteiger partial charge in [-0.3, -0.25) is 9.79 Å². The molecule has 0 amide bonds. The molecule has 158 valence electrons. The van der Waals surface area contributed by atoms with E-state index in [0.717, 1.165) is 12.5 Å². The van der Waals surface area contributed by atoms with Gasteiger partial charge in [0.05, 0.1) is 29.3 Å². The van der Waals surface area contributed by atoms with Crippen LogP contribution in [0.1, 0.15) is 35.0 Å². The van der Waals surface area contributed by atoms with Crippen LogP contribution in [0.3, 0.4) is 0 Å². The number of thioether (sulfide) groups is 1. The highest BCUT2D eigenvalue weighted by Gasteiger charge is 2.66. The molecule has 1 aliphatic heterocycles. The Morgan fingerprint density at radius 1 is 1.37 bits per heavy atom. The molecule has 2 aromatic rings. The normalized spacial score (nSPS) is 27.4. The minimum absolute atomic E-state index is 0.0655. The van der Waals surface area contributed by atoms with Crippen LogP contribution in [0.4, 0.5) is 8.78 Å². The monoisotopic (exact) mass is 452 g/mol. The average Bonchev–Trinajstić information content (AvgIpc) is 3.40. The third-order valence-corrected chi connectivity index (χ3v) is 7.12. The quantitative estimate of drug-likeness (QED) is 0.674. The van der Waals surface area contributed by atoms with Crippen LogP contribution >= 0.6 is 23.4 Å². The number of rotatable bonds is 6. The Kier molecular flexibility index (Phi) is 5.32. The standard InChI is InChI=1S/C20H19ClF2N4O2S/c1-19(15-6-20(15,9-29-2)30-18(24)27-19)11-3-10(4-12(22)17(11)23)5-14(28)13-7-26-16(21)8-25-13/h3-4,7-8,15H,5-6,9H2,1-2H3,(H2,24,27)/t15-,19+,20+/m0/s1. The number of Topliss-reactive ketones (excluding diaryl/α,β-unsaturated/α-hetero) is 1. The number of carbonyl (C=O) groups is 1. The second kappa shape index (κ2) is 7.55. The number of aliphatic imine (C=N–C) groups is 1. The number of amidine groups is 1. The Morgan fingerprint density at radius 3 is 2.80 bits per heavy atom. The van der Waals surface area contributed by atoms with Crippen LogP contribution in [-0.4, -0.2) is 39.4 Å². The van der Waals surface area contributed by atoms with Gasteiger partial charge in [-0.1, -0.05) is 23.4 Å². The summed E-state index contributed by atoms with van der Waals surface area (Å²) in [5.74, 6) is -2.47. The number of methoxy groups -OCH3 is 1. The van der Waals surface area contributed by atoms with E-state index < -0.39 is 17.2 Å². The molecular formula is C20H19ClF2N4O2S. The molecule has 1 fully saturated rings. The number of nitrogens with two attached hydrogens (primary N) is 1. The second-order valence-corrected chi connectivity index (χ2v) is 9.54. The fourth-order valence-corrected chi connectivity index (χ4v) is 5.73. The van der Waals surface area contributed by atoms with Crippen LogP contribution < -0.4 is 5.73 Å². The van der Waals surface area contributed by atoms with E-state index in [1.807, 2.05) is 0 Å². The van der Waals surface area contributed by atoms with Crippen molar-refractivity contribution in [1.82, 2.24) is 9.97 Å². The zero-order chi connectivity index (χ0) is 21.7. The number of hydrogen-bond acceptors (Lipinski definition) is 7. The number of benzene rings is 1. The molecule has 0 bridgehead atoms. The largest absolute Gasteiger partial charge is 0.383 e. The summed E-state index contributed by atoms with van der Waals surface area (Å²) in [7, 11) is 1.59. The number of hydrogen-bond donors (Lipinski definition) is 1. The SMILES string of the molecule is COC[C@]12C[C@H]1[C@@](C)(c1cc(CC(=O)c3cnc(Cl)cn3)cc(F)c1F)N=C(N)S2. The molecule has 0 saturated heterocycles. The van der Waals surface area contributed by atoms with E-state index in [-0.39, 0.29) is 39.3 Å². The van der Waals surface area contributed by atoms with Crippen LogP contribution in [0, 0.1) is 17.6 Å². The fraction of sp³-hybridized carbons (Fsp3) is 0.400. The van der Waals surface area contributed by atoms with Crippen LogP contribution in [-0.2, 0) is 16.7 Å². The summed E-state index contributed by atoms with van der Waals surface area (Å²) in [6.45, 7) is 2.18. The van der Waals surface area contributed by atoms with E-state index in [2.05, 4.69) is 15.0 Å². The Balaban J connectivity index is 1.69. The van der Waals surface area contributed by atoms with E-state index in [1.54, 1.807) is 14.0 Å². The number of ether oxygens (including phenoxy) is 1. The Morgan fingerprint density at radius 2 is 2.13 bits per heavy atom. The van der Waals surface area contributed by atoms with Gasteiger partial charge in [-0.2, -0.15) is 0 Å². The van der Waals surface area contributed by atoms with Gasteiger partial charge in [-0.15, -0.1) is 0 Å². The highest BCUT2D eigenvalue weighted by atomic mass is 35.5. The van der Waals surface area contributed by atoms with Gasteiger partial charge in [0.15, 0.2) is 22.6 Å². The smallest absolute Gasteiger partial charge is 0.187 e. The molecule has 4 rings (SSSR count). The van der Waals surface area contributed by atoms with E-state index in [1.165, 1.54) is 30.2 Å². The third kappa shape index (κ3) is 3.59. The molecule has 0 spiro atoms. The van der Waals surface area contributed by atoms with Crippen LogP contribution in [0.25, 0.3) is 0 Å². The van der Waals surface area contributed by atoms with Crippen molar-refractivity contribution in [2.75, 3.05) is 13.7 Å². The summed E-state index contributed by atoms with van der Waals surface area (Å²) in [6, 6.07) is 2.51. The molecule has 2 aliphatic rings. The Hall–Kier alpha value is -2.10. The number of nitrogens with zero attached hydrogens (tertiary/aromatic N) is 3. The first-order chi connectivity index (χ1) is 14.2. The first-order valence-electron chi connectivity index (χ1n) is 9.21. The first-order valence-corrected chi connectivity index (χ1v) is 10.4. The molecule has 1 aromatic heterocycles. The predicted octanol–water partition coefficient (Wildman–Crippen LogP) is 3.52. The van der Waals surface area contributed by atoms with Crippen molar-refractivity contribution in [3.05, 3.63) is 58.1 Å². The molecule has 0 unspecified atom stereocenters. The van der Waals surface area contributed by atoms with Gasteiger partial charge in [-0.25, -0.2) is 18.7 Å². The van der Waals surface area contributed by atoms with Crippen molar-refractivity contribution in [2.45, 2.75) is 30.1 Å². The molecule has 0 radical (unpaired) electrons. The molecule has 10 heteroatoms. The zero-order valence-corrected chi connectivity index (χ0v) is 17.9. The third-order valence-electron chi connectivity index (χ3n) is 5.65. The van der Waals surface area contributed by atoms with Gasteiger partial charge in [0.25, 0.3) is 0 Å². The summed E-state index contributed by atoms with van der Waals surface area (Å²) in [5, 5.41) is 0.463. The Bertz CT molecular complexity index is 1050. The lowest BCUT2D eigenvalue weighted by molar-refractivity contribution is 0.0987. The molecule has 2 N–H and O–H groups in total. The van der Waals surface area contributed by atoms with Gasteiger partial charge in [0.1, 0.15) is 10.8 Å². The van der Waals surface area contributed by atoms with Gasteiger partial charge in [0.2, 0.25) is 0 Å². The average molecular weight is 453 g/mol. The number of aromatic nitrogens is 2. The minimum Gasteiger partial charge on any atom is -0.383 e. The lowest BCUT2D eigenvalue weighted by Gasteiger charge is -2.34. The summed E-state index contributed by atoms with van der Waals surface area (Å²) in [5.41, 5.74) is 5.47. The zero-order valence-electron chi connectivity index (χ0n) is 16.3. The lowest BCUT2D eigenvalue weighted by Crippen LogP contribution is -2.38. The van der Waals surface area contributed by atoms with E-state index in [4.69, 9.17) is 22.1 Å². The molecule has 3 atom stereocenters. The van der Waals surface area contributed by atoms with Gasteiger partial charge >= 0.3 is 0 Å². The van der Waals surface area contributed by atoms with Crippen molar-refractivity contribution in [2.24, 2.45) is 16.6 Å². The van der Waals surface area contributed by atoms with Gasteiger partial charge in [-0.05, 0) is 31.0 Å². The minimum atomic E-state index is -1.06. The molecule has 1 saturated carbocycles. The van der Waals surface area contributed by atoms with Crippen LogP contribution in [0.5, 0.6) is 0 Å². The topological polar surface area (TPSA) is 90.5 Å². The van der Waals surface area contributed by atoms with Crippen LogP contribution in [0.2, 0.25) is 5.15 Å². The van der Waals surface area contributed by atoms with Crippen molar-refractivity contribution in [3.63, 3.8) is 0 Å². The maximum atomic E-state index is 14.9. The number of ketones is 1. The fourth-order valence-electron chi connectivity index (χ4n) is 4.18. The summed E-state index contributed by atoms with van der Waals surface area (Å²) in [6.07, 6.45) is 3.06. The summed E-state index contributed by atoms with van der Waals surface area (Å²) < 4.78 is 34.4. The van der Waals surface area contributed by atoms with Crippen molar-refractivity contribution in [3.8, 4) is 0 Å². The molecule has 30 heavy (non-hydrogen) atoms. The van der Waals surface area contributed by atoms with Crippen molar-refractivity contribution >= 4 is 34.3 Å². The first kappa shape index (κ1) is 21.1. The second-order valence-electron chi connectivity index (χ2n) is 7.72. The highest BCUT2D eigenvalue weighted by molar-refractivity contribution is 8.15. The maximum Gasteiger partial charge on any atom is 0.187 e. The molecular weight excluding hydrogens is 434 g/mol. The van der Waals surface area contributed by atoms with E-state index in [0.29, 0.717) is 17.3 Å². The number of fused-ring (bicyclic) bond motifs is 1. The van der Waals surface area contributed by atoms with Gasteiger partial charge < -0.3 is 10.5 Å². The van der Waals surface area contributed by atoms with Gasteiger partial charge in [0, 0.05) is 25.0 Å².